The topological polar surface area (TPSA) is 64.9 Å². The summed E-state index contributed by atoms with van der Waals surface area (Å²) in [5.74, 6) is -0.118. The summed E-state index contributed by atoms with van der Waals surface area (Å²) in [4.78, 5) is 12.0. The molecule has 0 aliphatic rings. The summed E-state index contributed by atoms with van der Waals surface area (Å²) in [5, 5.41) is 15.1. The van der Waals surface area contributed by atoms with E-state index in [-0.39, 0.29) is 18.4 Å². The highest BCUT2D eigenvalue weighted by Crippen LogP contribution is 2.16. The van der Waals surface area contributed by atoms with Gasteiger partial charge in [-0.2, -0.15) is 5.26 Å². The van der Waals surface area contributed by atoms with Gasteiger partial charge in [0.05, 0.1) is 12.6 Å². The van der Waals surface area contributed by atoms with Gasteiger partial charge in [-0.15, -0.1) is 0 Å². The van der Waals surface area contributed by atoms with Crippen molar-refractivity contribution in [2.45, 2.75) is 39.7 Å². The Morgan fingerprint density at radius 1 is 1.40 bits per heavy atom. The van der Waals surface area contributed by atoms with Gasteiger partial charge in [0.15, 0.2) is 0 Å². The second kappa shape index (κ2) is 6.95. The van der Waals surface area contributed by atoms with E-state index in [0.717, 1.165) is 12.1 Å². The van der Waals surface area contributed by atoms with Gasteiger partial charge in [0, 0.05) is 5.69 Å². The van der Waals surface area contributed by atoms with Crippen LogP contribution in [-0.2, 0) is 11.2 Å². The molecule has 0 radical (unpaired) electrons. The molecule has 0 spiro atoms. The van der Waals surface area contributed by atoms with Crippen LogP contribution in [-0.4, -0.2) is 18.0 Å². The van der Waals surface area contributed by atoms with Crippen molar-refractivity contribution in [1.29, 1.82) is 5.26 Å². The molecule has 0 saturated heterocycles. The number of hydrogen-bond donors (Lipinski definition) is 2. The molecule has 1 aromatic rings. The predicted octanol–water partition coefficient (Wildman–Crippen LogP) is 2.72. The summed E-state index contributed by atoms with van der Waals surface area (Å²) in [6, 6.07) is 10.1. The number of para-hydroxylation sites is 1. The van der Waals surface area contributed by atoms with E-state index in [1.807, 2.05) is 38.1 Å². The van der Waals surface area contributed by atoms with Gasteiger partial charge in [-0.25, -0.2) is 0 Å². The Morgan fingerprint density at radius 3 is 2.60 bits per heavy atom. The van der Waals surface area contributed by atoms with E-state index < -0.39 is 5.54 Å². The van der Waals surface area contributed by atoms with Gasteiger partial charge >= 0.3 is 0 Å². The van der Waals surface area contributed by atoms with E-state index in [9.17, 15) is 10.1 Å². The molecule has 0 aliphatic carbocycles. The van der Waals surface area contributed by atoms with Crippen LogP contribution in [0.25, 0.3) is 0 Å². The fraction of sp³-hybridized carbons (Fsp3) is 0.500. The first-order valence-corrected chi connectivity index (χ1v) is 6.97. The lowest BCUT2D eigenvalue weighted by atomic mass is 9.90. The minimum atomic E-state index is -0.830. The monoisotopic (exact) mass is 273 g/mol. The van der Waals surface area contributed by atoms with Crippen LogP contribution in [0.5, 0.6) is 0 Å². The van der Waals surface area contributed by atoms with E-state index in [1.54, 1.807) is 6.92 Å². The minimum absolute atomic E-state index is 0.0550. The zero-order chi connectivity index (χ0) is 15.2. The third-order valence-electron chi connectivity index (χ3n) is 3.62. The van der Waals surface area contributed by atoms with Crippen LogP contribution in [0.2, 0.25) is 0 Å². The summed E-state index contributed by atoms with van der Waals surface area (Å²) in [5.41, 5.74) is 1.31. The van der Waals surface area contributed by atoms with Gasteiger partial charge in [0.2, 0.25) is 5.91 Å². The van der Waals surface area contributed by atoms with Crippen LogP contribution in [0, 0.1) is 17.2 Å². The van der Waals surface area contributed by atoms with Crippen molar-refractivity contribution in [3.05, 3.63) is 29.8 Å². The van der Waals surface area contributed by atoms with Crippen molar-refractivity contribution < 1.29 is 4.79 Å². The van der Waals surface area contributed by atoms with Crippen molar-refractivity contribution in [2.75, 3.05) is 11.9 Å². The number of aryl methyl sites for hydroxylation is 1. The lowest BCUT2D eigenvalue weighted by Gasteiger charge is -2.27. The smallest absolute Gasteiger partial charge is 0.240 e. The quantitative estimate of drug-likeness (QED) is 0.837. The molecule has 1 amide bonds. The fourth-order valence-electron chi connectivity index (χ4n) is 1.81. The number of anilines is 1. The van der Waals surface area contributed by atoms with Crippen molar-refractivity contribution in [3.8, 4) is 6.07 Å². The van der Waals surface area contributed by atoms with Gasteiger partial charge in [-0.3, -0.25) is 4.79 Å². The Kier molecular flexibility index (Phi) is 5.57. The highest BCUT2D eigenvalue weighted by molar-refractivity contribution is 5.82. The third kappa shape index (κ3) is 3.99. The van der Waals surface area contributed by atoms with Crippen molar-refractivity contribution in [3.63, 3.8) is 0 Å². The van der Waals surface area contributed by atoms with Gasteiger partial charge in [-0.05, 0) is 30.9 Å². The maximum Gasteiger partial charge on any atom is 0.240 e. The van der Waals surface area contributed by atoms with Crippen molar-refractivity contribution >= 4 is 11.6 Å². The molecule has 0 saturated carbocycles. The number of carbonyl (C=O) groups is 1. The Hall–Kier alpha value is -2.02. The van der Waals surface area contributed by atoms with Crippen molar-refractivity contribution in [2.24, 2.45) is 5.92 Å². The summed E-state index contributed by atoms with van der Waals surface area (Å²) in [6.45, 7) is 7.83. The first-order valence-electron chi connectivity index (χ1n) is 6.97. The molecule has 1 atom stereocenters. The van der Waals surface area contributed by atoms with E-state index in [2.05, 4.69) is 23.6 Å². The number of nitrogens with zero attached hydrogens (tertiary/aromatic N) is 1. The molecule has 1 unspecified atom stereocenters. The van der Waals surface area contributed by atoms with Crippen molar-refractivity contribution in [1.82, 2.24) is 5.32 Å². The Labute approximate surface area is 121 Å². The van der Waals surface area contributed by atoms with Crippen LogP contribution in [0.4, 0.5) is 5.69 Å². The van der Waals surface area contributed by atoms with Crippen LogP contribution >= 0.6 is 0 Å². The first kappa shape index (κ1) is 16.0. The molecule has 0 bridgehead atoms. The number of amides is 1. The fourth-order valence-corrected chi connectivity index (χ4v) is 1.81. The van der Waals surface area contributed by atoms with Gasteiger partial charge in [-0.1, -0.05) is 39.0 Å². The zero-order valence-electron chi connectivity index (χ0n) is 12.7. The second-order valence-electron chi connectivity index (χ2n) is 5.38. The summed E-state index contributed by atoms with van der Waals surface area (Å²) in [7, 11) is 0. The second-order valence-corrected chi connectivity index (χ2v) is 5.38. The van der Waals surface area contributed by atoms with E-state index >= 15 is 0 Å². The highest BCUT2D eigenvalue weighted by Gasteiger charge is 2.29. The number of benzene rings is 1. The molecule has 0 aromatic heterocycles. The molecular formula is C16H23N3O. The highest BCUT2D eigenvalue weighted by atomic mass is 16.2. The molecule has 0 heterocycles. The number of carbonyl (C=O) groups excluding carboxylic acids is 1. The molecule has 0 fully saturated rings. The Bertz CT molecular complexity index is 505. The molecule has 1 rings (SSSR count). The lowest BCUT2D eigenvalue weighted by molar-refractivity contribution is -0.121. The molecule has 4 heteroatoms. The summed E-state index contributed by atoms with van der Waals surface area (Å²) < 4.78 is 0. The molecular weight excluding hydrogens is 250 g/mol. The lowest BCUT2D eigenvalue weighted by Crippen LogP contribution is -2.50. The summed E-state index contributed by atoms with van der Waals surface area (Å²) in [6.07, 6.45) is 0.909. The average Bonchev–Trinajstić information content (AvgIpc) is 2.45. The molecule has 1 aromatic carbocycles. The molecule has 20 heavy (non-hydrogen) atoms. The van der Waals surface area contributed by atoms with Gasteiger partial charge in [0.1, 0.15) is 5.54 Å². The van der Waals surface area contributed by atoms with E-state index in [0.29, 0.717) is 0 Å². The molecule has 4 nitrogen and oxygen atoms in total. The number of rotatable bonds is 6. The maximum atomic E-state index is 12.0. The van der Waals surface area contributed by atoms with E-state index in [4.69, 9.17) is 0 Å². The van der Waals surface area contributed by atoms with Crippen LogP contribution in [0.1, 0.15) is 33.3 Å². The molecule has 0 aliphatic heterocycles. The van der Waals surface area contributed by atoms with Crippen LogP contribution in [0.3, 0.4) is 0 Å². The minimum Gasteiger partial charge on any atom is -0.376 e. The first-order chi connectivity index (χ1) is 9.42. The zero-order valence-corrected chi connectivity index (χ0v) is 12.7. The molecule has 2 N–H and O–H groups in total. The van der Waals surface area contributed by atoms with Crippen LogP contribution < -0.4 is 10.6 Å². The average molecular weight is 273 g/mol. The number of nitriles is 1. The third-order valence-corrected chi connectivity index (χ3v) is 3.62. The number of nitrogens with one attached hydrogen (secondary N) is 2. The SMILES string of the molecule is CCc1ccccc1NCC(=O)NC(C)(C#N)C(C)C. The van der Waals surface area contributed by atoms with Gasteiger partial charge < -0.3 is 10.6 Å². The summed E-state index contributed by atoms with van der Waals surface area (Å²) >= 11 is 0. The Balaban J connectivity index is 2.62. The predicted molar refractivity (Wildman–Crippen MR) is 81.3 cm³/mol. The standard InChI is InChI=1S/C16H23N3O/c1-5-13-8-6-7-9-14(13)18-10-15(20)19-16(4,11-17)12(2)3/h6-9,12,18H,5,10H2,1-4H3,(H,19,20). The molecule has 108 valence electrons. The van der Waals surface area contributed by atoms with Crippen LogP contribution in [0.15, 0.2) is 24.3 Å². The van der Waals surface area contributed by atoms with E-state index in [1.165, 1.54) is 5.56 Å². The Morgan fingerprint density at radius 2 is 2.05 bits per heavy atom. The number of hydrogen-bond acceptors (Lipinski definition) is 3. The van der Waals surface area contributed by atoms with Gasteiger partial charge in [0.25, 0.3) is 0 Å². The maximum absolute atomic E-state index is 12.0. The normalized spacial score (nSPS) is 13.4. The largest absolute Gasteiger partial charge is 0.376 e.